The maximum absolute atomic E-state index is 12.1. The number of thioether (sulfide) groups is 1. The van der Waals surface area contributed by atoms with E-state index in [4.69, 9.17) is 0 Å². The summed E-state index contributed by atoms with van der Waals surface area (Å²) in [5.41, 5.74) is 3.15. The van der Waals surface area contributed by atoms with Gasteiger partial charge in [0.2, 0.25) is 5.91 Å². The van der Waals surface area contributed by atoms with E-state index >= 15 is 0 Å². The molecule has 6 nitrogen and oxygen atoms in total. The molecule has 1 unspecified atom stereocenters. The minimum Gasteiger partial charge on any atom is -0.338 e. The molecule has 1 heterocycles. The molecule has 0 bridgehead atoms. The van der Waals surface area contributed by atoms with Crippen molar-refractivity contribution in [3.05, 3.63) is 22.4 Å². The van der Waals surface area contributed by atoms with Crippen LogP contribution in [0.5, 0.6) is 0 Å². The summed E-state index contributed by atoms with van der Waals surface area (Å²) in [6.07, 6.45) is 0. The van der Waals surface area contributed by atoms with Gasteiger partial charge in [0.25, 0.3) is 0 Å². The molecule has 0 aliphatic carbocycles. The first-order valence-electron chi connectivity index (χ1n) is 7.80. The Morgan fingerprint density at radius 1 is 1.21 bits per heavy atom. The van der Waals surface area contributed by atoms with Gasteiger partial charge < -0.3 is 5.32 Å². The van der Waals surface area contributed by atoms with Crippen LogP contribution in [0.1, 0.15) is 43.2 Å². The lowest BCUT2D eigenvalue weighted by molar-refractivity contribution is -0.119. The predicted octanol–water partition coefficient (Wildman–Crippen LogP) is 2.84. The molecule has 0 aliphatic rings. The van der Waals surface area contributed by atoms with E-state index in [1.165, 1.54) is 11.8 Å². The fraction of sp³-hybridized carbons (Fsp3) is 0.529. The lowest BCUT2D eigenvalue weighted by Gasteiger charge is -2.15. The zero-order valence-corrected chi connectivity index (χ0v) is 15.8. The van der Waals surface area contributed by atoms with Gasteiger partial charge in [-0.2, -0.15) is 5.26 Å². The van der Waals surface area contributed by atoms with E-state index in [0.717, 1.165) is 16.8 Å². The van der Waals surface area contributed by atoms with E-state index in [9.17, 15) is 14.9 Å². The molecule has 0 saturated heterocycles. The summed E-state index contributed by atoms with van der Waals surface area (Å²) >= 11 is 1.18. The molecule has 0 aliphatic heterocycles. The van der Waals surface area contributed by atoms with Crippen molar-refractivity contribution in [3.8, 4) is 6.07 Å². The quantitative estimate of drug-likeness (QED) is 0.798. The molecule has 1 aromatic rings. The van der Waals surface area contributed by atoms with E-state index in [1.54, 1.807) is 6.92 Å². The average molecular weight is 348 g/mol. The van der Waals surface area contributed by atoms with Gasteiger partial charge in [0, 0.05) is 12.2 Å². The summed E-state index contributed by atoms with van der Waals surface area (Å²) in [4.78, 5) is 28.2. The number of nitriles is 1. The standard InChI is InChI=1S/C17H24N4O2S/c1-9(2)8-19-17(23)21-15(22)13(6)24-16-14(7-18)11(4)10(3)12(5)20-16/h9,13H,8H2,1-6H3,(H2,19,21,22,23). The van der Waals surface area contributed by atoms with Gasteiger partial charge in [-0.15, -0.1) is 0 Å². The van der Waals surface area contributed by atoms with Gasteiger partial charge in [0.05, 0.1) is 10.8 Å². The van der Waals surface area contributed by atoms with Gasteiger partial charge >= 0.3 is 6.03 Å². The van der Waals surface area contributed by atoms with Crippen molar-refractivity contribution in [2.75, 3.05) is 6.54 Å². The summed E-state index contributed by atoms with van der Waals surface area (Å²) in [5, 5.41) is 14.3. The summed E-state index contributed by atoms with van der Waals surface area (Å²) in [6, 6.07) is 1.65. The minimum absolute atomic E-state index is 0.304. The van der Waals surface area contributed by atoms with E-state index in [1.807, 2.05) is 34.6 Å². The van der Waals surface area contributed by atoms with Crippen LogP contribution < -0.4 is 10.6 Å². The minimum atomic E-state index is -0.545. The topological polar surface area (TPSA) is 94.9 Å². The number of amides is 3. The Hall–Kier alpha value is -2.07. The molecule has 1 aromatic heterocycles. The van der Waals surface area contributed by atoms with Crippen molar-refractivity contribution in [1.29, 1.82) is 5.26 Å². The van der Waals surface area contributed by atoms with Gasteiger partial charge in [-0.1, -0.05) is 25.6 Å². The van der Waals surface area contributed by atoms with Gasteiger partial charge in [0.15, 0.2) is 0 Å². The highest BCUT2D eigenvalue weighted by Gasteiger charge is 2.21. The van der Waals surface area contributed by atoms with Crippen LogP contribution in [0.15, 0.2) is 5.03 Å². The number of carbonyl (C=O) groups is 2. The first-order chi connectivity index (χ1) is 11.2. The fourth-order valence-corrected chi connectivity index (χ4v) is 2.91. The van der Waals surface area contributed by atoms with Crippen LogP contribution >= 0.6 is 11.8 Å². The Labute approximate surface area is 147 Å². The number of urea groups is 1. The smallest absolute Gasteiger partial charge is 0.321 e. The Kier molecular flexibility index (Phi) is 7.23. The molecule has 2 N–H and O–H groups in total. The van der Waals surface area contributed by atoms with Crippen LogP contribution in [0, 0.1) is 38.0 Å². The second kappa shape index (κ2) is 8.69. The fourth-order valence-electron chi connectivity index (χ4n) is 1.90. The molecule has 24 heavy (non-hydrogen) atoms. The Morgan fingerprint density at radius 2 is 1.83 bits per heavy atom. The molecule has 0 saturated carbocycles. The number of hydrogen-bond acceptors (Lipinski definition) is 5. The summed E-state index contributed by atoms with van der Waals surface area (Å²) in [7, 11) is 0. The maximum atomic E-state index is 12.1. The van der Waals surface area contributed by atoms with E-state index < -0.39 is 17.2 Å². The molecule has 7 heteroatoms. The van der Waals surface area contributed by atoms with Gasteiger partial charge in [0.1, 0.15) is 11.1 Å². The van der Waals surface area contributed by atoms with Crippen molar-refractivity contribution in [1.82, 2.24) is 15.6 Å². The highest BCUT2D eigenvalue weighted by Crippen LogP contribution is 2.29. The number of pyridine rings is 1. The number of rotatable bonds is 5. The highest BCUT2D eigenvalue weighted by molar-refractivity contribution is 8.00. The van der Waals surface area contributed by atoms with E-state index in [2.05, 4.69) is 21.7 Å². The SMILES string of the molecule is Cc1nc(SC(C)C(=O)NC(=O)NCC(C)C)c(C#N)c(C)c1C. The van der Waals surface area contributed by atoms with Crippen molar-refractivity contribution in [2.45, 2.75) is 51.8 Å². The molecular formula is C17H24N4O2S. The summed E-state index contributed by atoms with van der Waals surface area (Å²) in [6.45, 7) is 11.8. The molecule has 3 amide bonds. The second-order valence-corrected chi connectivity index (χ2v) is 7.42. The van der Waals surface area contributed by atoms with Crippen LogP contribution in [0.2, 0.25) is 0 Å². The summed E-state index contributed by atoms with van der Waals surface area (Å²) < 4.78 is 0. The predicted molar refractivity (Wildman–Crippen MR) is 94.9 cm³/mol. The monoisotopic (exact) mass is 348 g/mol. The molecule has 0 spiro atoms. The normalized spacial score (nSPS) is 11.8. The average Bonchev–Trinajstić information content (AvgIpc) is 2.51. The second-order valence-electron chi connectivity index (χ2n) is 6.09. The molecule has 1 rings (SSSR count). The molecule has 0 aromatic carbocycles. The van der Waals surface area contributed by atoms with Crippen LogP contribution in [0.4, 0.5) is 4.79 Å². The number of aryl methyl sites for hydroxylation is 1. The summed E-state index contributed by atoms with van der Waals surface area (Å²) in [5.74, 6) is -0.110. The number of aromatic nitrogens is 1. The lowest BCUT2D eigenvalue weighted by atomic mass is 10.1. The van der Waals surface area contributed by atoms with Crippen molar-refractivity contribution in [2.24, 2.45) is 5.92 Å². The Bertz CT molecular complexity index is 680. The number of nitrogens with one attached hydrogen (secondary N) is 2. The largest absolute Gasteiger partial charge is 0.338 e. The van der Waals surface area contributed by atoms with E-state index in [-0.39, 0.29) is 0 Å². The molecule has 0 radical (unpaired) electrons. The molecule has 130 valence electrons. The molecule has 0 fully saturated rings. The van der Waals surface area contributed by atoms with Crippen LogP contribution in [0.25, 0.3) is 0 Å². The van der Waals surface area contributed by atoms with Crippen LogP contribution in [-0.4, -0.2) is 28.7 Å². The van der Waals surface area contributed by atoms with Crippen molar-refractivity contribution in [3.63, 3.8) is 0 Å². The zero-order valence-electron chi connectivity index (χ0n) is 15.0. The number of nitrogens with zero attached hydrogens (tertiary/aromatic N) is 2. The highest BCUT2D eigenvalue weighted by atomic mass is 32.2. The third kappa shape index (κ3) is 5.24. The molecular weight excluding hydrogens is 324 g/mol. The van der Waals surface area contributed by atoms with E-state index in [0.29, 0.717) is 23.1 Å². The molecule has 1 atom stereocenters. The van der Waals surface area contributed by atoms with Crippen molar-refractivity contribution < 1.29 is 9.59 Å². The number of hydrogen-bond donors (Lipinski definition) is 2. The third-order valence-corrected chi connectivity index (χ3v) is 4.73. The number of carbonyl (C=O) groups excluding carboxylic acids is 2. The van der Waals surface area contributed by atoms with Crippen LogP contribution in [0.3, 0.4) is 0 Å². The van der Waals surface area contributed by atoms with Gasteiger partial charge in [-0.05, 0) is 44.7 Å². The maximum Gasteiger partial charge on any atom is 0.321 e. The zero-order chi connectivity index (χ0) is 18.4. The number of imide groups is 1. The lowest BCUT2D eigenvalue weighted by Crippen LogP contribution is -2.43. The third-order valence-electron chi connectivity index (χ3n) is 3.64. The van der Waals surface area contributed by atoms with Crippen LogP contribution in [-0.2, 0) is 4.79 Å². The first-order valence-corrected chi connectivity index (χ1v) is 8.68. The van der Waals surface area contributed by atoms with Crippen molar-refractivity contribution >= 4 is 23.7 Å². The first kappa shape index (κ1) is 20.0. The Balaban J connectivity index is 2.81. The Morgan fingerprint density at radius 3 is 2.38 bits per heavy atom. The van der Waals surface area contributed by atoms with Gasteiger partial charge in [-0.25, -0.2) is 9.78 Å². The van der Waals surface area contributed by atoms with Gasteiger partial charge in [-0.3, -0.25) is 10.1 Å².